The number of ketones is 1. The smallest absolute Gasteiger partial charge is 0.138 e. The number of hydrogen-bond acceptors (Lipinski definition) is 4. The Hall–Kier alpha value is -0.450. The van der Waals surface area contributed by atoms with E-state index in [9.17, 15) is 4.79 Å². The lowest BCUT2D eigenvalue weighted by atomic mass is 9.86. The van der Waals surface area contributed by atoms with Crippen molar-refractivity contribution in [1.82, 2.24) is 4.90 Å². The third-order valence-corrected chi connectivity index (χ3v) is 5.10. The molecule has 3 aliphatic rings. The maximum absolute atomic E-state index is 11.8. The third-order valence-electron chi connectivity index (χ3n) is 5.10. The molecule has 3 fully saturated rings. The standard InChI is InChI=1S/C15H25NO3/c1-2-12-10-16(6-3-14(12)17)13-4-7-19-15(9-13)5-8-18-11-15/h12-13H,2-11H2,1H3. The minimum atomic E-state index is -0.0217. The molecule has 0 aliphatic carbocycles. The van der Waals surface area contributed by atoms with Crippen LogP contribution in [-0.2, 0) is 14.3 Å². The van der Waals surface area contributed by atoms with Crippen molar-refractivity contribution < 1.29 is 14.3 Å². The molecule has 0 aromatic carbocycles. The molecular weight excluding hydrogens is 242 g/mol. The SMILES string of the molecule is CCC1CN(C2CCOC3(CCOC3)C2)CCC1=O. The zero-order chi connectivity index (χ0) is 13.3. The average molecular weight is 267 g/mol. The molecule has 0 saturated carbocycles. The summed E-state index contributed by atoms with van der Waals surface area (Å²) in [7, 11) is 0. The summed E-state index contributed by atoms with van der Waals surface area (Å²) in [5.41, 5.74) is -0.0217. The van der Waals surface area contributed by atoms with Crippen LogP contribution in [0.15, 0.2) is 0 Å². The van der Waals surface area contributed by atoms with E-state index in [0.29, 0.717) is 11.8 Å². The molecule has 1 spiro atoms. The van der Waals surface area contributed by atoms with Gasteiger partial charge in [0.1, 0.15) is 5.78 Å². The number of piperidine rings is 1. The Morgan fingerprint density at radius 1 is 1.42 bits per heavy atom. The highest BCUT2D eigenvalue weighted by molar-refractivity contribution is 5.82. The van der Waals surface area contributed by atoms with Crippen LogP contribution in [0.5, 0.6) is 0 Å². The summed E-state index contributed by atoms with van der Waals surface area (Å²) in [5.74, 6) is 0.720. The van der Waals surface area contributed by atoms with Crippen molar-refractivity contribution in [3.8, 4) is 0 Å². The summed E-state index contributed by atoms with van der Waals surface area (Å²) < 4.78 is 11.5. The minimum absolute atomic E-state index is 0.0217. The quantitative estimate of drug-likeness (QED) is 0.762. The molecule has 3 atom stereocenters. The van der Waals surface area contributed by atoms with Crippen LogP contribution in [0.4, 0.5) is 0 Å². The van der Waals surface area contributed by atoms with Crippen molar-refractivity contribution in [2.75, 3.05) is 32.9 Å². The number of nitrogens with zero attached hydrogens (tertiary/aromatic N) is 1. The topological polar surface area (TPSA) is 38.8 Å². The highest BCUT2D eigenvalue weighted by Gasteiger charge is 2.43. The molecule has 3 heterocycles. The molecule has 0 aromatic rings. The zero-order valence-corrected chi connectivity index (χ0v) is 11.9. The minimum Gasteiger partial charge on any atom is -0.378 e. The van der Waals surface area contributed by atoms with Crippen LogP contribution in [-0.4, -0.2) is 55.2 Å². The molecule has 19 heavy (non-hydrogen) atoms. The molecule has 3 unspecified atom stereocenters. The van der Waals surface area contributed by atoms with Gasteiger partial charge in [-0.2, -0.15) is 0 Å². The lowest BCUT2D eigenvalue weighted by Crippen LogP contribution is -2.53. The van der Waals surface area contributed by atoms with Crippen LogP contribution in [0.3, 0.4) is 0 Å². The van der Waals surface area contributed by atoms with Gasteiger partial charge in [-0.15, -0.1) is 0 Å². The van der Waals surface area contributed by atoms with Gasteiger partial charge in [-0.25, -0.2) is 0 Å². The van der Waals surface area contributed by atoms with Crippen LogP contribution in [0.1, 0.15) is 39.0 Å². The van der Waals surface area contributed by atoms with Crippen LogP contribution < -0.4 is 0 Å². The molecular formula is C15H25NO3. The number of rotatable bonds is 2. The van der Waals surface area contributed by atoms with E-state index in [2.05, 4.69) is 11.8 Å². The summed E-state index contributed by atoms with van der Waals surface area (Å²) in [5, 5.41) is 0. The van der Waals surface area contributed by atoms with E-state index in [-0.39, 0.29) is 11.5 Å². The highest BCUT2D eigenvalue weighted by Crippen LogP contribution is 2.35. The first kappa shape index (κ1) is 13.5. The monoisotopic (exact) mass is 267 g/mol. The van der Waals surface area contributed by atoms with E-state index in [1.165, 1.54) is 0 Å². The Labute approximate surface area is 115 Å². The fraction of sp³-hybridized carbons (Fsp3) is 0.933. The van der Waals surface area contributed by atoms with Gasteiger partial charge in [-0.3, -0.25) is 9.69 Å². The molecule has 0 amide bonds. The molecule has 4 heteroatoms. The number of ether oxygens (including phenoxy) is 2. The highest BCUT2D eigenvalue weighted by atomic mass is 16.6. The van der Waals surface area contributed by atoms with E-state index < -0.39 is 0 Å². The summed E-state index contributed by atoms with van der Waals surface area (Å²) in [4.78, 5) is 14.4. The van der Waals surface area contributed by atoms with Crippen molar-refractivity contribution in [1.29, 1.82) is 0 Å². The predicted octanol–water partition coefficient (Wildman–Crippen LogP) is 1.63. The van der Waals surface area contributed by atoms with Gasteiger partial charge in [-0.05, 0) is 19.3 Å². The van der Waals surface area contributed by atoms with E-state index in [1.54, 1.807) is 0 Å². The van der Waals surface area contributed by atoms with Crippen molar-refractivity contribution in [3.63, 3.8) is 0 Å². The van der Waals surface area contributed by atoms with Crippen molar-refractivity contribution in [2.24, 2.45) is 5.92 Å². The number of Topliss-reactive ketones (excluding diaryl/α,β-unsaturated/α-hetero) is 1. The van der Waals surface area contributed by atoms with Gasteiger partial charge >= 0.3 is 0 Å². The molecule has 0 bridgehead atoms. The predicted molar refractivity (Wildman–Crippen MR) is 72.1 cm³/mol. The van der Waals surface area contributed by atoms with Crippen molar-refractivity contribution in [3.05, 3.63) is 0 Å². The van der Waals surface area contributed by atoms with E-state index in [4.69, 9.17) is 9.47 Å². The maximum atomic E-state index is 11.8. The van der Waals surface area contributed by atoms with Gasteiger partial charge in [0.05, 0.1) is 12.2 Å². The van der Waals surface area contributed by atoms with Crippen molar-refractivity contribution >= 4 is 5.78 Å². The molecule has 0 aromatic heterocycles. The van der Waals surface area contributed by atoms with Crippen LogP contribution in [0.2, 0.25) is 0 Å². The summed E-state index contributed by atoms with van der Waals surface area (Å²) in [6.45, 7) is 6.46. The first-order chi connectivity index (χ1) is 9.22. The Morgan fingerprint density at radius 2 is 2.32 bits per heavy atom. The van der Waals surface area contributed by atoms with Crippen molar-refractivity contribution in [2.45, 2.75) is 50.7 Å². The van der Waals surface area contributed by atoms with Gasteiger partial charge in [0.25, 0.3) is 0 Å². The molecule has 108 valence electrons. The molecule has 3 saturated heterocycles. The molecule has 3 rings (SSSR count). The van der Waals surface area contributed by atoms with Crippen LogP contribution in [0, 0.1) is 5.92 Å². The fourth-order valence-corrected chi connectivity index (χ4v) is 3.80. The fourth-order valence-electron chi connectivity index (χ4n) is 3.80. The average Bonchev–Trinajstić information content (AvgIpc) is 2.87. The summed E-state index contributed by atoms with van der Waals surface area (Å²) in [6.07, 6.45) is 4.93. The van der Waals surface area contributed by atoms with Gasteiger partial charge in [0.2, 0.25) is 0 Å². The lowest BCUT2D eigenvalue weighted by Gasteiger charge is -2.44. The lowest BCUT2D eigenvalue weighted by molar-refractivity contribution is -0.131. The second-order valence-corrected chi connectivity index (χ2v) is 6.30. The van der Waals surface area contributed by atoms with Gasteiger partial charge < -0.3 is 9.47 Å². The normalized spacial score (nSPS) is 41.0. The Morgan fingerprint density at radius 3 is 3.05 bits per heavy atom. The first-order valence-electron chi connectivity index (χ1n) is 7.71. The van der Waals surface area contributed by atoms with Gasteiger partial charge in [0.15, 0.2) is 0 Å². The zero-order valence-electron chi connectivity index (χ0n) is 11.9. The first-order valence-corrected chi connectivity index (χ1v) is 7.71. The maximum Gasteiger partial charge on any atom is 0.138 e. The van der Waals surface area contributed by atoms with E-state index >= 15 is 0 Å². The number of hydrogen-bond donors (Lipinski definition) is 0. The van der Waals surface area contributed by atoms with Gasteiger partial charge in [-0.1, -0.05) is 6.92 Å². The van der Waals surface area contributed by atoms with Crippen LogP contribution >= 0.6 is 0 Å². The Balaban J connectivity index is 1.63. The van der Waals surface area contributed by atoms with E-state index in [0.717, 1.165) is 65.0 Å². The third kappa shape index (κ3) is 2.71. The Kier molecular flexibility index (Phi) is 3.92. The molecule has 0 radical (unpaired) electrons. The molecule has 0 N–H and O–H groups in total. The van der Waals surface area contributed by atoms with Gasteiger partial charge in [0, 0.05) is 51.1 Å². The molecule has 3 aliphatic heterocycles. The number of carbonyl (C=O) groups is 1. The summed E-state index contributed by atoms with van der Waals surface area (Å²) >= 11 is 0. The van der Waals surface area contributed by atoms with E-state index in [1.807, 2.05) is 0 Å². The van der Waals surface area contributed by atoms with Crippen LogP contribution in [0.25, 0.3) is 0 Å². The number of likely N-dealkylation sites (tertiary alicyclic amines) is 1. The number of carbonyl (C=O) groups excluding carboxylic acids is 1. The Bertz CT molecular complexity index is 338. The second-order valence-electron chi connectivity index (χ2n) is 6.30. The molecule has 4 nitrogen and oxygen atoms in total. The summed E-state index contributed by atoms with van der Waals surface area (Å²) in [6, 6.07) is 0.581. The largest absolute Gasteiger partial charge is 0.378 e. The second kappa shape index (κ2) is 5.51.